The summed E-state index contributed by atoms with van der Waals surface area (Å²) < 4.78 is 13.4. The molecule has 0 spiro atoms. The van der Waals surface area contributed by atoms with E-state index in [1.165, 1.54) is 6.07 Å². The smallest absolute Gasteiger partial charge is 0.191 e. The van der Waals surface area contributed by atoms with Gasteiger partial charge in [-0.3, -0.25) is 4.99 Å². The lowest BCUT2D eigenvalue weighted by molar-refractivity contribution is 0.467. The minimum Gasteiger partial charge on any atom is -0.369 e. The van der Waals surface area contributed by atoms with Crippen molar-refractivity contribution in [2.45, 2.75) is 45.7 Å². The number of rotatable bonds is 5. The monoisotopic (exact) mass is 517 g/mol. The van der Waals surface area contributed by atoms with Crippen LogP contribution in [0.5, 0.6) is 0 Å². The summed E-state index contributed by atoms with van der Waals surface area (Å²) in [6, 6.07) is 5.33. The third-order valence-corrected chi connectivity index (χ3v) is 5.87. The summed E-state index contributed by atoms with van der Waals surface area (Å²) in [6.07, 6.45) is 3.16. The van der Waals surface area contributed by atoms with Gasteiger partial charge >= 0.3 is 0 Å². The zero-order chi connectivity index (χ0) is 19.2. The van der Waals surface area contributed by atoms with Gasteiger partial charge in [0.15, 0.2) is 5.96 Å². The highest BCUT2D eigenvalue weighted by molar-refractivity contribution is 14.0. The topological polar surface area (TPSA) is 52.6 Å². The zero-order valence-corrected chi connectivity index (χ0v) is 19.8. The van der Waals surface area contributed by atoms with Crippen molar-refractivity contribution < 1.29 is 4.39 Å². The number of aromatic nitrogens is 1. The van der Waals surface area contributed by atoms with E-state index in [0.717, 1.165) is 60.3 Å². The lowest BCUT2D eigenvalue weighted by Crippen LogP contribution is -2.51. The second kappa shape index (κ2) is 10.9. The Morgan fingerprint density at radius 3 is 2.93 bits per heavy atom. The number of anilines is 1. The Morgan fingerprint density at radius 2 is 2.25 bits per heavy atom. The molecule has 1 aliphatic rings. The van der Waals surface area contributed by atoms with Crippen LogP contribution in [-0.2, 0) is 13.0 Å². The molecule has 1 saturated heterocycles. The molecule has 2 N–H and O–H groups in total. The van der Waals surface area contributed by atoms with E-state index >= 15 is 0 Å². The summed E-state index contributed by atoms with van der Waals surface area (Å²) in [5.74, 6) is 0.615. The summed E-state index contributed by atoms with van der Waals surface area (Å²) >= 11 is 1.70. The molecule has 154 valence electrons. The van der Waals surface area contributed by atoms with E-state index < -0.39 is 0 Å². The molecule has 8 heteroatoms. The van der Waals surface area contributed by atoms with E-state index in [0.29, 0.717) is 12.6 Å². The highest BCUT2D eigenvalue weighted by atomic mass is 127. The maximum Gasteiger partial charge on any atom is 0.191 e. The zero-order valence-electron chi connectivity index (χ0n) is 16.7. The second-order valence-electron chi connectivity index (χ2n) is 6.87. The van der Waals surface area contributed by atoms with Gasteiger partial charge in [-0.2, -0.15) is 0 Å². The van der Waals surface area contributed by atoms with Crippen molar-refractivity contribution in [3.8, 4) is 0 Å². The molecule has 1 aromatic heterocycles. The average molecular weight is 517 g/mol. The number of aliphatic imine (C=N–C) groups is 1. The summed E-state index contributed by atoms with van der Waals surface area (Å²) in [5.41, 5.74) is 3.14. The summed E-state index contributed by atoms with van der Waals surface area (Å²) in [4.78, 5) is 11.3. The third kappa shape index (κ3) is 6.04. The van der Waals surface area contributed by atoms with Crippen LogP contribution in [0.25, 0.3) is 0 Å². The van der Waals surface area contributed by atoms with Crippen molar-refractivity contribution in [3.63, 3.8) is 0 Å². The van der Waals surface area contributed by atoms with Crippen molar-refractivity contribution in [2.75, 3.05) is 25.0 Å². The van der Waals surface area contributed by atoms with Crippen molar-refractivity contribution in [1.29, 1.82) is 0 Å². The molecule has 0 radical (unpaired) electrons. The number of hydrogen-bond donors (Lipinski definition) is 2. The normalized spacial score (nSPS) is 17.2. The minimum atomic E-state index is -0.180. The fourth-order valence-electron chi connectivity index (χ4n) is 3.44. The Hall–Kier alpha value is -1.42. The van der Waals surface area contributed by atoms with Gasteiger partial charge in [-0.05, 0) is 49.9 Å². The van der Waals surface area contributed by atoms with Crippen molar-refractivity contribution in [3.05, 3.63) is 45.7 Å². The average Bonchev–Trinajstić information content (AvgIpc) is 3.13. The molecule has 0 amide bonds. The molecular weight excluding hydrogens is 488 g/mol. The Balaban J connectivity index is 0.00000280. The summed E-state index contributed by atoms with van der Waals surface area (Å²) in [6.45, 7) is 6.63. The van der Waals surface area contributed by atoms with E-state index in [2.05, 4.69) is 37.8 Å². The van der Waals surface area contributed by atoms with Gasteiger partial charge in [-0.1, -0.05) is 6.92 Å². The predicted octanol–water partition coefficient (Wildman–Crippen LogP) is 4.11. The van der Waals surface area contributed by atoms with Gasteiger partial charge < -0.3 is 15.5 Å². The van der Waals surface area contributed by atoms with E-state index in [1.807, 2.05) is 13.0 Å². The number of halogens is 2. The Morgan fingerprint density at radius 1 is 1.43 bits per heavy atom. The highest BCUT2D eigenvalue weighted by Gasteiger charge is 2.22. The molecule has 1 unspecified atom stereocenters. The lowest BCUT2D eigenvalue weighted by Gasteiger charge is -2.36. The first-order chi connectivity index (χ1) is 13.1. The van der Waals surface area contributed by atoms with Gasteiger partial charge in [0.1, 0.15) is 5.82 Å². The Bertz CT molecular complexity index is 795. The fraction of sp³-hybridized carbons (Fsp3) is 0.500. The number of piperidine rings is 1. The summed E-state index contributed by atoms with van der Waals surface area (Å²) in [5, 5.41) is 10.1. The van der Waals surface area contributed by atoms with E-state index in [9.17, 15) is 4.39 Å². The molecule has 1 aliphatic heterocycles. The van der Waals surface area contributed by atoms with Crippen LogP contribution >= 0.6 is 35.3 Å². The fourth-order valence-corrected chi connectivity index (χ4v) is 4.19. The second-order valence-corrected chi connectivity index (χ2v) is 7.81. The molecule has 0 saturated carbocycles. The number of hydrogen-bond acceptors (Lipinski definition) is 4. The summed E-state index contributed by atoms with van der Waals surface area (Å²) in [7, 11) is 1.79. The molecule has 28 heavy (non-hydrogen) atoms. The van der Waals surface area contributed by atoms with Crippen molar-refractivity contribution in [1.82, 2.24) is 15.6 Å². The van der Waals surface area contributed by atoms with Gasteiger partial charge in [0.25, 0.3) is 0 Å². The molecular formula is C20H29FIN5S. The number of benzene rings is 1. The molecule has 2 aromatic rings. The molecule has 1 aromatic carbocycles. The molecule has 5 nitrogen and oxygen atoms in total. The first kappa shape index (κ1) is 22.9. The quantitative estimate of drug-likeness (QED) is 0.356. The van der Waals surface area contributed by atoms with Gasteiger partial charge in [0, 0.05) is 37.2 Å². The number of aryl methyl sites for hydroxylation is 2. The van der Waals surface area contributed by atoms with E-state index in [-0.39, 0.29) is 29.8 Å². The lowest BCUT2D eigenvalue weighted by atomic mass is 10.0. The molecule has 1 atom stereocenters. The van der Waals surface area contributed by atoms with Gasteiger partial charge in [0.05, 0.1) is 17.2 Å². The van der Waals surface area contributed by atoms with E-state index in [4.69, 9.17) is 0 Å². The third-order valence-electron chi connectivity index (χ3n) is 4.82. The SMILES string of the molecule is CCc1nc(CNC(=NC)NC2CCCN(c3ccc(F)cc3C)C2)cs1.I. The van der Waals surface area contributed by atoms with Gasteiger partial charge in [0.2, 0.25) is 0 Å². The van der Waals surface area contributed by atoms with Crippen LogP contribution in [0.4, 0.5) is 10.1 Å². The van der Waals surface area contributed by atoms with Crippen LogP contribution in [0.3, 0.4) is 0 Å². The van der Waals surface area contributed by atoms with Crippen LogP contribution in [0.15, 0.2) is 28.6 Å². The minimum absolute atomic E-state index is 0. The Kier molecular flexibility index (Phi) is 8.94. The van der Waals surface area contributed by atoms with Crippen molar-refractivity contribution in [2.24, 2.45) is 4.99 Å². The first-order valence-corrected chi connectivity index (χ1v) is 10.4. The van der Waals surface area contributed by atoms with Crippen molar-refractivity contribution >= 4 is 47.0 Å². The number of guanidine groups is 1. The van der Waals surface area contributed by atoms with Crippen LogP contribution < -0.4 is 15.5 Å². The maximum atomic E-state index is 13.4. The number of nitrogens with one attached hydrogen (secondary N) is 2. The molecule has 1 fully saturated rings. The molecule has 2 heterocycles. The first-order valence-electron chi connectivity index (χ1n) is 9.50. The van der Waals surface area contributed by atoms with Crippen LogP contribution in [0.2, 0.25) is 0 Å². The number of thiazole rings is 1. The Labute approximate surface area is 187 Å². The largest absolute Gasteiger partial charge is 0.369 e. The van der Waals surface area contributed by atoms with Gasteiger partial charge in [-0.25, -0.2) is 9.37 Å². The number of nitrogens with zero attached hydrogens (tertiary/aromatic N) is 3. The van der Waals surface area contributed by atoms with Gasteiger partial charge in [-0.15, -0.1) is 35.3 Å². The molecule has 0 aliphatic carbocycles. The standard InChI is InChI=1S/C20H28FN5S.HI/c1-4-19-24-17(13-27-19)11-23-20(22-3)25-16-6-5-9-26(12-16)18-8-7-15(21)10-14(18)2;/h7-8,10,13,16H,4-6,9,11-12H2,1-3H3,(H2,22,23,25);1H. The van der Waals surface area contributed by atoms with Crippen LogP contribution in [-0.4, -0.2) is 37.1 Å². The maximum absolute atomic E-state index is 13.4. The van der Waals surface area contributed by atoms with E-state index in [1.54, 1.807) is 24.5 Å². The van der Waals surface area contributed by atoms with Crippen LogP contribution in [0.1, 0.15) is 36.0 Å². The molecule has 3 rings (SSSR count). The predicted molar refractivity (Wildman–Crippen MR) is 127 cm³/mol. The highest BCUT2D eigenvalue weighted by Crippen LogP contribution is 2.24. The molecule has 0 bridgehead atoms. The van der Waals surface area contributed by atoms with Crippen LogP contribution in [0, 0.1) is 12.7 Å².